The molecule has 0 aromatic heterocycles. The molecule has 6 nitrogen and oxygen atoms in total. The number of halogens is 1. The molecule has 0 aliphatic heterocycles. The number of carbonyl (C=O) groups is 1. The van der Waals surface area contributed by atoms with Crippen LogP contribution in [-0.2, 0) is 14.8 Å². The van der Waals surface area contributed by atoms with Crippen LogP contribution < -0.4 is 14.8 Å². The van der Waals surface area contributed by atoms with E-state index in [9.17, 15) is 13.2 Å². The van der Waals surface area contributed by atoms with Gasteiger partial charge in [0.15, 0.2) is 0 Å². The maximum absolute atomic E-state index is 12.8. The van der Waals surface area contributed by atoms with Crippen LogP contribution >= 0.6 is 15.9 Å². The third-order valence-electron chi connectivity index (χ3n) is 4.33. The van der Waals surface area contributed by atoms with E-state index in [1.165, 1.54) is 19.2 Å². The van der Waals surface area contributed by atoms with Crippen LogP contribution in [0.2, 0.25) is 0 Å². The summed E-state index contributed by atoms with van der Waals surface area (Å²) in [6, 6.07) is 12.4. The van der Waals surface area contributed by atoms with Gasteiger partial charge in [0.05, 0.1) is 18.0 Å². The molecule has 152 valence electrons. The van der Waals surface area contributed by atoms with E-state index in [1.54, 1.807) is 26.0 Å². The minimum absolute atomic E-state index is 0.0746. The van der Waals surface area contributed by atoms with Crippen LogP contribution in [0.25, 0.3) is 0 Å². The van der Waals surface area contributed by atoms with Gasteiger partial charge in [-0.05, 0) is 48.7 Å². The summed E-state index contributed by atoms with van der Waals surface area (Å²) in [5, 5.41) is 2.89. The lowest BCUT2D eigenvalue weighted by Gasteiger charge is -2.24. The molecule has 0 heterocycles. The minimum atomic E-state index is -3.86. The number of hydrogen-bond donors (Lipinski definition) is 2. The normalized spacial score (nSPS) is 13.8. The van der Waals surface area contributed by atoms with Gasteiger partial charge in [-0.2, -0.15) is 4.72 Å². The molecule has 28 heavy (non-hydrogen) atoms. The fourth-order valence-electron chi connectivity index (χ4n) is 2.69. The largest absolute Gasteiger partial charge is 0.497 e. The lowest BCUT2D eigenvalue weighted by atomic mass is 10.0. The summed E-state index contributed by atoms with van der Waals surface area (Å²) in [7, 11) is -2.35. The summed E-state index contributed by atoms with van der Waals surface area (Å²) < 4.78 is 33.9. The van der Waals surface area contributed by atoms with Crippen LogP contribution in [0.1, 0.15) is 32.4 Å². The number of ether oxygens (including phenoxy) is 1. The number of nitrogens with one attached hydrogen (secondary N) is 2. The average molecular weight is 469 g/mol. The Hall–Kier alpha value is -1.90. The molecule has 2 N–H and O–H groups in total. The SMILES string of the molecule is COc1ccc(S(=O)(=O)N[C@H](C(=O)NC(C)c2ccccc2Br)C(C)C)cc1. The molecule has 2 aromatic rings. The predicted molar refractivity (Wildman–Crippen MR) is 113 cm³/mol. The van der Waals surface area contributed by atoms with Gasteiger partial charge in [-0.15, -0.1) is 0 Å². The Labute approximate surface area is 174 Å². The third kappa shape index (κ3) is 5.56. The number of methoxy groups -OCH3 is 1. The van der Waals surface area contributed by atoms with Gasteiger partial charge in [0.1, 0.15) is 11.8 Å². The average Bonchev–Trinajstić information content (AvgIpc) is 2.66. The quantitative estimate of drug-likeness (QED) is 0.619. The molecule has 8 heteroatoms. The standard InChI is InChI=1S/C20H25BrN2O4S/c1-13(2)19(20(24)22-14(3)17-7-5-6-8-18(17)21)23-28(25,26)16-11-9-15(27-4)10-12-16/h5-14,19,23H,1-4H3,(H,22,24)/t14?,19-/m0/s1. The highest BCUT2D eigenvalue weighted by atomic mass is 79.9. The number of amides is 1. The molecule has 2 rings (SSSR count). The first-order valence-electron chi connectivity index (χ1n) is 8.87. The summed E-state index contributed by atoms with van der Waals surface area (Å²) in [5.74, 6) is -0.0610. The molecule has 0 saturated carbocycles. The Balaban J connectivity index is 2.17. The topological polar surface area (TPSA) is 84.5 Å². The summed E-state index contributed by atoms with van der Waals surface area (Å²) >= 11 is 3.47. The maximum Gasteiger partial charge on any atom is 0.241 e. The van der Waals surface area contributed by atoms with Crippen LogP contribution in [0.15, 0.2) is 57.9 Å². The van der Waals surface area contributed by atoms with E-state index in [0.29, 0.717) is 5.75 Å². The molecule has 0 aliphatic carbocycles. The van der Waals surface area contributed by atoms with Crippen molar-refractivity contribution < 1.29 is 17.9 Å². The summed E-state index contributed by atoms with van der Waals surface area (Å²) in [5.41, 5.74) is 0.913. The van der Waals surface area contributed by atoms with Gasteiger partial charge < -0.3 is 10.1 Å². The van der Waals surface area contributed by atoms with Crippen molar-refractivity contribution in [2.45, 2.75) is 37.8 Å². The monoisotopic (exact) mass is 468 g/mol. The molecule has 0 saturated heterocycles. The number of carbonyl (C=O) groups excluding carboxylic acids is 1. The predicted octanol–water partition coefficient (Wildman–Crippen LogP) is 3.64. The molecule has 2 aromatic carbocycles. The zero-order chi connectivity index (χ0) is 20.9. The zero-order valence-electron chi connectivity index (χ0n) is 16.3. The molecule has 0 aliphatic rings. The van der Waals surface area contributed by atoms with E-state index in [1.807, 2.05) is 31.2 Å². The zero-order valence-corrected chi connectivity index (χ0v) is 18.7. The van der Waals surface area contributed by atoms with E-state index in [4.69, 9.17) is 4.74 Å². The summed E-state index contributed by atoms with van der Waals surface area (Å²) in [6.45, 7) is 5.45. The molecule has 0 bridgehead atoms. The van der Waals surface area contributed by atoms with E-state index in [-0.39, 0.29) is 22.8 Å². The van der Waals surface area contributed by atoms with Crippen molar-refractivity contribution in [2.75, 3.05) is 7.11 Å². The van der Waals surface area contributed by atoms with Crippen LogP contribution in [0.5, 0.6) is 5.75 Å². The van der Waals surface area contributed by atoms with Gasteiger partial charge in [0.2, 0.25) is 15.9 Å². The highest BCUT2D eigenvalue weighted by Gasteiger charge is 2.29. The first-order valence-corrected chi connectivity index (χ1v) is 11.1. The number of rotatable bonds is 8. The molecule has 1 unspecified atom stereocenters. The van der Waals surface area contributed by atoms with E-state index in [2.05, 4.69) is 26.0 Å². The summed E-state index contributed by atoms with van der Waals surface area (Å²) in [6.07, 6.45) is 0. The Bertz CT molecular complexity index is 914. The lowest BCUT2D eigenvalue weighted by molar-refractivity contribution is -0.124. The van der Waals surface area contributed by atoms with E-state index < -0.39 is 16.1 Å². The highest BCUT2D eigenvalue weighted by Crippen LogP contribution is 2.23. The fraction of sp³-hybridized carbons (Fsp3) is 0.350. The van der Waals surface area contributed by atoms with E-state index >= 15 is 0 Å². The molecular weight excluding hydrogens is 444 g/mol. The molecule has 0 fully saturated rings. The molecule has 0 spiro atoms. The number of benzene rings is 2. The van der Waals surface area contributed by atoms with Gasteiger partial charge in [0, 0.05) is 4.47 Å². The van der Waals surface area contributed by atoms with Crippen molar-refractivity contribution in [3.05, 3.63) is 58.6 Å². The van der Waals surface area contributed by atoms with Gasteiger partial charge in [0.25, 0.3) is 0 Å². The second-order valence-corrected chi connectivity index (χ2v) is 9.34. The van der Waals surface area contributed by atoms with Crippen molar-refractivity contribution >= 4 is 31.9 Å². The first kappa shape index (κ1) is 22.4. The Morgan fingerprint density at radius 1 is 1.04 bits per heavy atom. The van der Waals surface area contributed by atoms with Crippen LogP contribution in [0.4, 0.5) is 0 Å². The maximum atomic E-state index is 12.8. The van der Waals surface area contributed by atoms with Crippen molar-refractivity contribution in [3.8, 4) is 5.75 Å². The summed E-state index contributed by atoms with van der Waals surface area (Å²) in [4.78, 5) is 12.9. The Morgan fingerprint density at radius 3 is 2.18 bits per heavy atom. The van der Waals surface area contributed by atoms with Gasteiger partial charge in [-0.3, -0.25) is 4.79 Å². The Morgan fingerprint density at radius 2 is 1.64 bits per heavy atom. The fourth-order valence-corrected chi connectivity index (χ4v) is 4.66. The Kier molecular flexibility index (Phi) is 7.63. The van der Waals surface area contributed by atoms with Crippen LogP contribution in [-0.4, -0.2) is 27.5 Å². The molecule has 2 atom stereocenters. The second-order valence-electron chi connectivity index (χ2n) is 6.77. The highest BCUT2D eigenvalue weighted by molar-refractivity contribution is 9.10. The van der Waals surface area contributed by atoms with Gasteiger partial charge in [-0.1, -0.05) is 48.0 Å². The third-order valence-corrected chi connectivity index (χ3v) is 6.51. The number of hydrogen-bond acceptors (Lipinski definition) is 4. The van der Waals surface area contributed by atoms with Crippen molar-refractivity contribution in [1.82, 2.24) is 10.0 Å². The van der Waals surface area contributed by atoms with Crippen molar-refractivity contribution in [3.63, 3.8) is 0 Å². The van der Waals surface area contributed by atoms with Crippen LogP contribution in [0, 0.1) is 5.92 Å². The van der Waals surface area contributed by atoms with Crippen molar-refractivity contribution in [1.29, 1.82) is 0 Å². The molecular formula is C20H25BrN2O4S. The smallest absolute Gasteiger partial charge is 0.241 e. The minimum Gasteiger partial charge on any atom is -0.497 e. The van der Waals surface area contributed by atoms with Crippen molar-refractivity contribution in [2.24, 2.45) is 5.92 Å². The second kappa shape index (κ2) is 9.54. The van der Waals surface area contributed by atoms with E-state index in [0.717, 1.165) is 10.0 Å². The van der Waals surface area contributed by atoms with Gasteiger partial charge in [-0.25, -0.2) is 8.42 Å². The van der Waals surface area contributed by atoms with Crippen LogP contribution in [0.3, 0.4) is 0 Å². The number of sulfonamides is 1. The molecule has 1 amide bonds. The first-order chi connectivity index (χ1) is 13.2. The lowest BCUT2D eigenvalue weighted by Crippen LogP contribution is -2.50. The van der Waals surface area contributed by atoms with Gasteiger partial charge >= 0.3 is 0 Å². The molecule has 0 radical (unpaired) electrons.